The van der Waals surface area contributed by atoms with Crippen molar-refractivity contribution in [3.63, 3.8) is 0 Å². The molecule has 1 aromatic rings. The fraction of sp³-hybridized carbons (Fsp3) is 0.625. The smallest absolute Gasteiger partial charge is 0.345 e. The molecule has 0 bridgehead atoms. The van der Waals surface area contributed by atoms with Crippen LogP contribution in [0.15, 0.2) is 18.2 Å². The Morgan fingerprint density at radius 2 is 2.05 bits per heavy atom. The van der Waals surface area contributed by atoms with Crippen LogP contribution in [-0.2, 0) is 12.6 Å². The fourth-order valence-corrected chi connectivity index (χ4v) is 3.54. The van der Waals surface area contributed by atoms with Gasteiger partial charge < -0.3 is 5.32 Å². The minimum absolute atomic E-state index is 0.118. The third-order valence-corrected chi connectivity index (χ3v) is 5.05. The van der Waals surface area contributed by atoms with E-state index in [0.29, 0.717) is 0 Å². The Bertz CT molecular complexity index is 509. The second-order valence-electron chi connectivity index (χ2n) is 6.32. The van der Waals surface area contributed by atoms with Gasteiger partial charge in [-0.25, -0.2) is 0 Å². The average Bonchev–Trinajstić information content (AvgIpc) is 2.44. The number of nitrogens with zero attached hydrogens (tertiary/aromatic N) is 1. The summed E-state index contributed by atoms with van der Waals surface area (Å²) in [5.74, 6) is 0. The quantitative estimate of drug-likeness (QED) is 0.896. The summed E-state index contributed by atoms with van der Waals surface area (Å²) in [5, 5.41) is 2.11. The van der Waals surface area contributed by atoms with Crippen molar-refractivity contribution in [3.8, 4) is 0 Å². The first-order valence-electron chi connectivity index (χ1n) is 7.59. The SMILES string of the molecule is CN(C)[C@@]1(CCc2ccc(C(F)(F)F)c(Cl)c2)CCC[NH2+]C1. The Balaban J connectivity index is 2.09. The van der Waals surface area contributed by atoms with Crippen molar-refractivity contribution in [1.82, 2.24) is 4.90 Å². The van der Waals surface area contributed by atoms with E-state index >= 15 is 0 Å². The molecule has 1 saturated heterocycles. The number of quaternary nitrogens is 1. The molecular formula is C16H23ClF3N2+. The molecule has 0 saturated carbocycles. The Hall–Kier alpha value is -0.780. The molecule has 1 heterocycles. The van der Waals surface area contributed by atoms with Crippen LogP contribution in [0.3, 0.4) is 0 Å². The number of rotatable bonds is 4. The van der Waals surface area contributed by atoms with Gasteiger partial charge in [0.15, 0.2) is 0 Å². The van der Waals surface area contributed by atoms with Crippen LogP contribution in [0.5, 0.6) is 0 Å². The van der Waals surface area contributed by atoms with Gasteiger partial charge >= 0.3 is 6.18 Å². The molecule has 0 spiro atoms. The first-order valence-corrected chi connectivity index (χ1v) is 7.97. The van der Waals surface area contributed by atoms with Crippen LogP contribution >= 0.6 is 11.6 Å². The first-order chi connectivity index (χ1) is 10.2. The summed E-state index contributed by atoms with van der Waals surface area (Å²) in [4.78, 5) is 2.26. The van der Waals surface area contributed by atoms with Crippen LogP contribution in [0.2, 0.25) is 5.02 Å². The third-order valence-electron chi connectivity index (χ3n) is 4.74. The van der Waals surface area contributed by atoms with Crippen molar-refractivity contribution in [2.45, 2.75) is 37.4 Å². The standard InChI is InChI=1S/C16H22ClF3N2/c1-22(2)15(7-3-9-21-11-15)8-6-12-4-5-13(14(17)10-12)16(18,19)20/h4-5,10,21H,3,6-9,11H2,1-2H3/p+1/t15-/m1/s1. The topological polar surface area (TPSA) is 19.9 Å². The van der Waals surface area contributed by atoms with E-state index in [2.05, 4.69) is 24.3 Å². The average molecular weight is 336 g/mol. The molecule has 0 amide bonds. The van der Waals surface area contributed by atoms with Crippen molar-refractivity contribution in [2.24, 2.45) is 0 Å². The van der Waals surface area contributed by atoms with Gasteiger partial charge in [0, 0.05) is 0 Å². The van der Waals surface area contributed by atoms with Crippen molar-refractivity contribution in [2.75, 3.05) is 27.2 Å². The lowest BCUT2D eigenvalue weighted by molar-refractivity contribution is -0.673. The van der Waals surface area contributed by atoms with Gasteiger partial charge in [-0.3, -0.25) is 4.90 Å². The molecule has 1 aromatic carbocycles. The minimum atomic E-state index is -4.39. The first kappa shape index (κ1) is 17.6. The second-order valence-corrected chi connectivity index (χ2v) is 6.72. The summed E-state index contributed by atoms with van der Waals surface area (Å²) >= 11 is 5.80. The van der Waals surface area contributed by atoms with E-state index in [4.69, 9.17) is 11.6 Å². The van der Waals surface area contributed by atoms with Gasteiger partial charge in [-0.05, 0) is 57.5 Å². The highest BCUT2D eigenvalue weighted by atomic mass is 35.5. The summed E-state index contributed by atoms with van der Waals surface area (Å²) in [7, 11) is 4.16. The Kier molecular flexibility index (Phi) is 5.41. The fourth-order valence-electron chi connectivity index (χ4n) is 3.23. The number of likely N-dealkylation sites (N-methyl/N-ethyl adjacent to an activating group) is 1. The molecule has 2 N–H and O–H groups in total. The van der Waals surface area contributed by atoms with Crippen LogP contribution < -0.4 is 5.32 Å². The van der Waals surface area contributed by atoms with Gasteiger partial charge in [0.2, 0.25) is 0 Å². The normalized spacial score (nSPS) is 23.0. The highest BCUT2D eigenvalue weighted by Gasteiger charge is 2.37. The van der Waals surface area contributed by atoms with Crippen LogP contribution in [0.1, 0.15) is 30.4 Å². The highest BCUT2D eigenvalue weighted by Crippen LogP contribution is 2.35. The number of aryl methyl sites for hydroxylation is 1. The van der Waals surface area contributed by atoms with Gasteiger partial charge in [0.05, 0.1) is 29.2 Å². The van der Waals surface area contributed by atoms with Crippen LogP contribution in [0.25, 0.3) is 0 Å². The molecule has 0 aromatic heterocycles. The Labute approximate surface area is 134 Å². The van der Waals surface area contributed by atoms with E-state index < -0.39 is 11.7 Å². The van der Waals surface area contributed by atoms with E-state index in [9.17, 15) is 13.2 Å². The van der Waals surface area contributed by atoms with Crippen molar-refractivity contribution in [1.29, 1.82) is 0 Å². The van der Waals surface area contributed by atoms with Crippen LogP contribution in [0.4, 0.5) is 13.2 Å². The molecule has 2 nitrogen and oxygen atoms in total. The predicted molar refractivity (Wildman–Crippen MR) is 82.1 cm³/mol. The molecular weight excluding hydrogens is 313 g/mol. The van der Waals surface area contributed by atoms with Gasteiger partial charge in [0.25, 0.3) is 0 Å². The second kappa shape index (κ2) is 6.77. The molecule has 1 aliphatic rings. The van der Waals surface area contributed by atoms with E-state index in [0.717, 1.165) is 44.0 Å². The monoisotopic (exact) mass is 335 g/mol. The van der Waals surface area contributed by atoms with Gasteiger partial charge in [-0.2, -0.15) is 13.2 Å². The molecule has 2 rings (SSSR count). The lowest BCUT2D eigenvalue weighted by Gasteiger charge is -2.41. The van der Waals surface area contributed by atoms with Crippen molar-refractivity contribution in [3.05, 3.63) is 34.3 Å². The number of nitrogens with two attached hydrogens (primary N) is 1. The maximum Gasteiger partial charge on any atom is 0.417 e. The molecule has 22 heavy (non-hydrogen) atoms. The molecule has 0 unspecified atom stereocenters. The number of piperidine rings is 1. The predicted octanol–water partition coefficient (Wildman–Crippen LogP) is 2.95. The highest BCUT2D eigenvalue weighted by molar-refractivity contribution is 6.31. The molecule has 1 fully saturated rings. The molecule has 1 atom stereocenters. The Morgan fingerprint density at radius 3 is 2.55 bits per heavy atom. The van der Waals surface area contributed by atoms with Crippen molar-refractivity contribution < 1.29 is 18.5 Å². The molecule has 1 aliphatic heterocycles. The number of halogens is 4. The summed E-state index contributed by atoms with van der Waals surface area (Å²) in [6, 6.07) is 4.10. The lowest BCUT2D eigenvalue weighted by Crippen LogP contribution is -2.91. The summed E-state index contributed by atoms with van der Waals surface area (Å²) in [6.45, 7) is 2.19. The molecule has 0 radical (unpaired) electrons. The number of hydrogen-bond acceptors (Lipinski definition) is 1. The van der Waals surface area contributed by atoms with Gasteiger partial charge in [-0.1, -0.05) is 17.7 Å². The molecule has 6 heteroatoms. The van der Waals surface area contributed by atoms with E-state index in [1.54, 1.807) is 6.07 Å². The number of alkyl halides is 3. The minimum Gasteiger partial charge on any atom is -0.345 e. The number of hydrogen-bond donors (Lipinski definition) is 1. The number of benzene rings is 1. The summed E-state index contributed by atoms with van der Waals surface area (Å²) < 4.78 is 38.2. The lowest BCUT2D eigenvalue weighted by atomic mass is 9.83. The maximum absolute atomic E-state index is 12.7. The van der Waals surface area contributed by atoms with Crippen LogP contribution in [-0.4, -0.2) is 37.6 Å². The summed E-state index contributed by atoms with van der Waals surface area (Å²) in [6.07, 6.45) is -0.419. The van der Waals surface area contributed by atoms with E-state index in [1.165, 1.54) is 12.5 Å². The zero-order chi connectivity index (χ0) is 16.4. The zero-order valence-electron chi connectivity index (χ0n) is 13.0. The van der Waals surface area contributed by atoms with Gasteiger partial charge in [0.1, 0.15) is 0 Å². The van der Waals surface area contributed by atoms with Crippen LogP contribution in [0, 0.1) is 0 Å². The Morgan fingerprint density at radius 1 is 1.32 bits per heavy atom. The molecule has 124 valence electrons. The third kappa shape index (κ3) is 3.94. The molecule has 0 aliphatic carbocycles. The summed E-state index contributed by atoms with van der Waals surface area (Å²) in [5.41, 5.74) is 0.226. The van der Waals surface area contributed by atoms with E-state index in [-0.39, 0.29) is 10.6 Å². The maximum atomic E-state index is 12.7. The largest absolute Gasteiger partial charge is 0.417 e. The van der Waals surface area contributed by atoms with Crippen molar-refractivity contribution >= 4 is 11.6 Å². The van der Waals surface area contributed by atoms with E-state index in [1.807, 2.05) is 0 Å². The van der Waals surface area contributed by atoms with Gasteiger partial charge in [-0.15, -0.1) is 0 Å². The zero-order valence-corrected chi connectivity index (χ0v) is 13.8.